The Hall–Kier alpha value is -2.86. The van der Waals surface area contributed by atoms with E-state index in [9.17, 15) is 4.79 Å². The molecule has 0 bridgehead atoms. The van der Waals surface area contributed by atoms with Crippen molar-refractivity contribution in [3.63, 3.8) is 0 Å². The highest BCUT2D eigenvalue weighted by atomic mass is 35.5. The first kappa shape index (κ1) is 18.9. The highest BCUT2D eigenvalue weighted by molar-refractivity contribution is 6.32. The van der Waals surface area contributed by atoms with Crippen molar-refractivity contribution in [2.45, 2.75) is 32.9 Å². The van der Waals surface area contributed by atoms with Gasteiger partial charge in [0.05, 0.1) is 11.6 Å². The summed E-state index contributed by atoms with van der Waals surface area (Å²) in [7, 11) is 0. The predicted octanol–water partition coefficient (Wildman–Crippen LogP) is 4.17. The molecule has 0 fully saturated rings. The number of para-hydroxylation sites is 1. The molecule has 0 radical (unpaired) electrons. The molecule has 0 saturated heterocycles. The highest BCUT2D eigenvalue weighted by Crippen LogP contribution is 2.25. The molecular formula is C20H20ClN3O3. The van der Waals surface area contributed by atoms with Gasteiger partial charge in [-0.25, -0.2) is 0 Å². The summed E-state index contributed by atoms with van der Waals surface area (Å²) >= 11 is 6.08. The van der Waals surface area contributed by atoms with Crippen molar-refractivity contribution in [3.8, 4) is 17.1 Å². The second-order valence-electron chi connectivity index (χ2n) is 6.04. The number of carbonyl (C=O) groups excluding carboxylic acids is 1. The number of rotatable bonds is 7. The van der Waals surface area contributed by atoms with Gasteiger partial charge in [-0.1, -0.05) is 65.6 Å². The van der Waals surface area contributed by atoms with E-state index in [0.29, 0.717) is 28.9 Å². The lowest BCUT2D eigenvalue weighted by Gasteiger charge is -2.17. The van der Waals surface area contributed by atoms with E-state index in [1.807, 2.05) is 38.1 Å². The molecule has 1 atom stereocenters. The molecule has 0 aliphatic carbocycles. The third-order valence-corrected chi connectivity index (χ3v) is 4.27. The Balaban J connectivity index is 1.59. The minimum Gasteiger partial charge on any atom is -0.479 e. The molecule has 0 aliphatic heterocycles. The first-order valence-corrected chi connectivity index (χ1v) is 9.03. The van der Waals surface area contributed by atoms with Crippen LogP contribution < -0.4 is 10.1 Å². The van der Waals surface area contributed by atoms with E-state index in [-0.39, 0.29) is 12.5 Å². The Bertz CT molecular complexity index is 909. The van der Waals surface area contributed by atoms with Gasteiger partial charge in [0.15, 0.2) is 6.10 Å². The number of nitrogens with zero attached hydrogens (tertiary/aromatic N) is 2. The average Bonchev–Trinajstić information content (AvgIpc) is 3.15. The number of hydrogen-bond donors (Lipinski definition) is 1. The summed E-state index contributed by atoms with van der Waals surface area (Å²) in [5.74, 6) is 1.01. The Kier molecular flexibility index (Phi) is 6.08. The van der Waals surface area contributed by atoms with Gasteiger partial charge in [0.25, 0.3) is 5.91 Å². The first-order valence-electron chi connectivity index (χ1n) is 8.65. The highest BCUT2D eigenvalue weighted by Gasteiger charge is 2.20. The molecule has 2 aromatic carbocycles. The van der Waals surface area contributed by atoms with Crippen molar-refractivity contribution in [1.82, 2.24) is 15.5 Å². The minimum absolute atomic E-state index is 0.125. The van der Waals surface area contributed by atoms with Crippen LogP contribution in [0, 0.1) is 6.92 Å². The maximum Gasteiger partial charge on any atom is 0.261 e. The van der Waals surface area contributed by atoms with Crippen LogP contribution in [-0.2, 0) is 11.3 Å². The van der Waals surface area contributed by atoms with E-state index >= 15 is 0 Å². The van der Waals surface area contributed by atoms with Gasteiger partial charge in [0.2, 0.25) is 11.7 Å². The van der Waals surface area contributed by atoms with Crippen LogP contribution in [-0.4, -0.2) is 22.2 Å². The fraction of sp³-hybridized carbons (Fsp3) is 0.250. The van der Waals surface area contributed by atoms with Gasteiger partial charge < -0.3 is 14.6 Å². The van der Waals surface area contributed by atoms with Gasteiger partial charge >= 0.3 is 0 Å². The third kappa shape index (κ3) is 4.86. The molecule has 1 heterocycles. The molecule has 3 rings (SSSR count). The van der Waals surface area contributed by atoms with Gasteiger partial charge in [0.1, 0.15) is 5.75 Å². The molecule has 3 aromatic rings. The fourth-order valence-electron chi connectivity index (χ4n) is 2.44. The molecule has 140 valence electrons. The van der Waals surface area contributed by atoms with Crippen molar-refractivity contribution in [3.05, 3.63) is 65.0 Å². The molecule has 6 nitrogen and oxygen atoms in total. The lowest BCUT2D eigenvalue weighted by molar-refractivity contribution is -0.128. The number of benzene rings is 2. The van der Waals surface area contributed by atoms with E-state index in [1.165, 1.54) is 0 Å². The summed E-state index contributed by atoms with van der Waals surface area (Å²) in [5.41, 5.74) is 2.01. The normalized spacial score (nSPS) is 11.8. The van der Waals surface area contributed by atoms with Crippen LogP contribution in [0.4, 0.5) is 0 Å². The van der Waals surface area contributed by atoms with Crippen molar-refractivity contribution >= 4 is 17.5 Å². The summed E-state index contributed by atoms with van der Waals surface area (Å²) in [6.45, 7) is 4.00. The van der Waals surface area contributed by atoms with Crippen LogP contribution in [0.5, 0.6) is 5.75 Å². The average molecular weight is 386 g/mol. The van der Waals surface area contributed by atoms with Crippen LogP contribution in [0.15, 0.2) is 53.1 Å². The van der Waals surface area contributed by atoms with E-state index in [1.54, 1.807) is 24.3 Å². The Morgan fingerprint density at radius 3 is 2.67 bits per heavy atom. The predicted molar refractivity (Wildman–Crippen MR) is 102 cm³/mol. The minimum atomic E-state index is -0.663. The number of ether oxygens (including phenoxy) is 1. The molecule has 27 heavy (non-hydrogen) atoms. The van der Waals surface area contributed by atoms with Crippen LogP contribution in [0.1, 0.15) is 24.8 Å². The van der Waals surface area contributed by atoms with Crippen molar-refractivity contribution < 1.29 is 14.1 Å². The summed E-state index contributed by atoms with van der Waals surface area (Å²) in [6.07, 6.45) is -0.167. The Morgan fingerprint density at radius 2 is 1.96 bits per heavy atom. The zero-order valence-corrected chi connectivity index (χ0v) is 15.9. The Labute approximate surface area is 162 Å². The van der Waals surface area contributed by atoms with Crippen molar-refractivity contribution in [2.24, 2.45) is 0 Å². The van der Waals surface area contributed by atoms with Crippen molar-refractivity contribution in [2.75, 3.05) is 0 Å². The summed E-state index contributed by atoms with van der Waals surface area (Å²) in [4.78, 5) is 16.7. The van der Waals surface area contributed by atoms with Gasteiger partial charge in [-0.3, -0.25) is 4.79 Å². The number of halogens is 1. The SMILES string of the molecule is CC[C@@H](Oc1ccccc1Cl)C(=O)NCc1nc(-c2ccc(C)cc2)no1. The maximum absolute atomic E-state index is 12.4. The second-order valence-corrected chi connectivity index (χ2v) is 6.45. The second kappa shape index (κ2) is 8.68. The molecule has 1 N–H and O–H groups in total. The fourth-order valence-corrected chi connectivity index (χ4v) is 2.62. The van der Waals surface area contributed by atoms with Crippen LogP contribution >= 0.6 is 11.6 Å². The van der Waals surface area contributed by atoms with Crippen LogP contribution in [0.25, 0.3) is 11.4 Å². The Morgan fingerprint density at radius 1 is 1.22 bits per heavy atom. The molecule has 0 unspecified atom stereocenters. The smallest absolute Gasteiger partial charge is 0.261 e. The van der Waals surface area contributed by atoms with Gasteiger partial charge in [0, 0.05) is 5.56 Å². The monoisotopic (exact) mass is 385 g/mol. The summed E-state index contributed by atoms with van der Waals surface area (Å²) < 4.78 is 10.9. The number of aromatic nitrogens is 2. The number of carbonyl (C=O) groups is 1. The van der Waals surface area contributed by atoms with Crippen LogP contribution in [0.2, 0.25) is 5.02 Å². The number of aryl methyl sites for hydroxylation is 1. The topological polar surface area (TPSA) is 77.2 Å². The van der Waals surface area contributed by atoms with Gasteiger partial charge in [-0.2, -0.15) is 4.98 Å². The van der Waals surface area contributed by atoms with E-state index < -0.39 is 6.10 Å². The van der Waals surface area contributed by atoms with E-state index in [4.69, 9.17) is 20.9 Å². The molecule has 0 aliphatic rings. The summed E-state index contributed by atoms with van der Waals surface area (Å²) in [6, 6.07) is 14.8. The summed E-state index contributed by atoms with van der Waals surface area (Å²) in [5, 5.41) is 7.17. The quantitative estimate of drug-likeness (QED) is 0.660. The number of hydrogen-bond acceptors (Lipinski definition) is 5. The molecule has 1 amide bonds. The standard InChI is InChI=1S/C20H20ClN3O3/c1-3-16(26-17-7-5-4-6-15(17)21)20(25)22-12-18-23-19(24-27-18)14-10-8-13(2)9-11-14/h4-11,16H,3,12H2,1-2H3,(H,22,25)/t16-/m1/s1. The van der Waals surface area contributed by atoms with Crippen LogP contribution in [0.3, 0.4) is 0 Å². The number of nitrogens with one attached hydrogen (secondary N) is 1. The van der Waals surface area contributed by atoms with E-state index in [0.717, 1.165) is 11.1 Å². The maximum atomic E-state index is 12.4. The van der Waals surface area contributed by atoms with E-state index in [2.05, 4.69) is 15.5 Å². The van der Waals surface area contributed by atoms with Crippen molar-refractivity contribution in [1.29, 1.82) is 0 Å². The zero-order chi connectivity index (χ0) is 19.2. The van der Waals surface area contributed by atoms with Gasteiger partial charge in [-0.15, -0.1) is 0 Å². The largest absolute Gasteiger partial charge is 0.479 e. The van der Waals surface area contributed by atoms with Gasteiger partial charge in [-0.05, 0) is 25.5 Å². The first-order chi connectivity index (χ1) is 13.1. The molecular weight excluding hydrogens is 366 g/mol. The molecule has 0 saturated carbocycles. The lowest BCUT2D eigenvalue weighted by atomic mass is 10.1. The molecule has 1 aromatic heterocycles. The number of amides is 1. The molecule has 7 heteroatoms. The molecule has 0 spiro atoms. The lowest BCUT2D eigenvalue weighted by Crippen LogP contribution is -2.37. The third-order valence-electron chi connectivity index (χ3n) is 3.96. The zero-order valence-electron chi connectivity index (χ0n) is 15.1.